The molecule has 0 fully saturated rings. The van der Waals surface area contributed by atoms with Gasteiger partial charge in [-0.3, -0.25) is 0 Å². The monoisotopic (exact) mass is 640 g/mol. The van der Waals surface area contributed by atoms with Crippen LogP contribution in [-0.4, -0.2) is 15.0 Å². The van der Waals surface area contributed by atoms with E-state index in [0.29, 0.717) is 0 Å². The first-order chi connectivity index (χ1) is 35.9. The van der Waals surface area contributed by atoms with Gasteiger partial charge in [0, 0.05) is 16.7 Å². The summed E-state index contributed by atoms with van der Waals surface area (Å²) >= 11 is 0. The van der Waals surface area contributed by atoms with Crippen molar-refractivity contribution in [2.24, 2.45) is 0 Å². The highest BCUT2D eigenvalue weighted by atomic mass is 15.0. The van der Waals surface area contributed by atoms with E-state index in [2.05, 4.69) is 15.0 Å². The summed E-state index contributed by atoms with van der Waals surface area (Å²) in [5.74, 6) is -2.84. The summed E-state index contributed by atoms with van der Waals surface area (Å²) in [6.45, 7) is 0. The van der Waals surface area contributed by atoms with Crippen molar-refractivity contribution in [3.05, 3.63) is 175 Å². The summed E-state index contributed by atoms with van der Waals surface area (Å²) in [6, 6.07) is -27.6. The summed E-state index contributed by atoms with van der Waals surface area (Å²) in [5.41, 5.74) is -5.56. The van der Waals surface area contributed by atoms with Crippen molar-refractivity contribution in [2.45, 2.75) is 0 Å². The fourth-order valence-electron chi connectivity index (χ4n) is 4.94. The van der Waals surface area contributed by atoms with Crippen LogP contribution in [0.15, 0.2) is 175 Å². The minimum Gasteiger partial charge on any atom is -0.208 e. The molecule has 0 bridgehead atoms. The number of rotatable bonds is 5. The minimum absolute atomic E-state index is 0.573. The Labute approximate surface area is 319 Å². The molecule has 48 heavy (non-hydrogen) atoms. The molecule has 224 valence electrons. The van der Waals surface area contributed by atoms with Gasteiger partial charge in [0.15, 0.2) is 17.5 Å². The van der Waals surface area contributed by atoms with Crippen molar-refractivity contribution >= 4 is 32.3 Å². The Kier molecular flexibility index (Phi) is 2.70. The van der Waals surface area contributed by atoms with Crippen LogP contribution in [0.1, 0.15) is 39.8 Å². The lowest BCUT2D eigenvalue weighted by Gasteiger charge is -2.15. The van der Waals surface area contributed by atoms with Gasteiger partial charge in [-0.05, 0) is 72.7 Å². The zero-order valence-corrected chi connectivity index (χ0v) is 23.8. The molecule has 0 atom stereocenters. The molecule has 1 aromatic heterocycles. The van der Waals surface area contributed by atoms with Crippen LogP contribution in [0, 0.1) is 0 Å². The van der Waals surface area contributed by atoms with Crippen LogP contribution < -0.4 is 0 Å². The second-order valence-corrected chi connectivity index (χ2v) is 9.81. The minimum atomic E-state index is -1.10. The van der Waals surface area contributed by atoms with Crippen molar-refractivity contribution in [3.63, 3.8) is 0 Å². The lowest BCUT2D eigenvalue weighted by Crippen LogP contribution is -2.01. The van der Waals surface area contributed by atoms with E-state index in [0.717, 1.165) is 0 Å². The Morgan fingerprint density at radius 2 is 0.708 bits per heavy atom. The van der Waals surface area contributed by atoms with Gasteiger partial charge < -0.3 is 0 Å². The molecule has 9 rings (SSSR count). The molecule has 0 spiro atoms. The predicted molar refractivity (Wildman–Crippen MR) is 200 cm³/mol. The molecule has 8 aromatic carbocycles. The third kappa shape index (κ3) is 4.90. The second kappa shape index (κ2) is 11.7. The Hall–Kier alpha value is -6.45. The zero-order valence-electron chi connectivity index (χ0n) is 52.8. The van der Waals surface area contributed by atoms with Gasteiger partial charge in [0.05, 0.1) is 39.8 Å². The third-order valence-corrected chi connectivity index (χ3v) is 7.06. The van der Waals surface area contributed by atoms with Crippen LogP contribution >= 0.6 is 0 Å². The lowest BCUT2D eigenvalue weighted by molar-refractivity contribution is 1.08. The SMILES string of the molecule is [2H]c1c([2H])c([2H])c(-c2nc(-c3c([2H])c([2H])c(-c4c([2H])c([2H])c([2H])c([2H])c4[2H])c4c([2H])c([2H])c([2H])c([2H])c34)nc(-c3c([2H])c([2H])c(-c4c([2H])c([2H])c5c([2H])c([2H])c([2H])c([2H])c5c4[2H])c4c([2H])c([2H])c([2H])c([2H])c34)n2)c([2H])c1[2H]. The van der Waals surface area contributed by atoms with Gasteiger partial charge >= 0.3 is 0 Å². The topological polar surface area (TPSA) is 38.7 Å². The Morgan fingerprint density at radius 3 is 1.29 bits per heavy atom. The standard InChI is InChI=1S/C45H29N3/c1-3-14-31(15-4-1)35-25-27-41(39-21-11-9-19-37(35)39)44-46-43(32-16-5-2-6-17-32)47-45(48-44)42-28-26-36(38-20-10-12-22-40(38)42)34-24-23-30-13-7-8-18-33(30)29-34/h1-29H/i1D,2D,3D,4D,5D,6D,7D,8D,9D,10D,11D,12D,13D,14D,15D,16D,17D,18D,19D,20D,21D,22D,23D,24D,25D,26D,27D,28D,29D. The zero-order chi connectivity index (χ0) is 57.1. The number of hydrogen-bond donors (Lipinski definition) is 0. The molecule has 0 aliphatic heterocycles. The average Bonchev–Trinajstić information content (AvgIpc) is 3.46. The van der Waals surface area contributed by atoms with Gasteiger partial charge in [0.1, 0.15) is 0 Å². The van der Waals surface area contributed by atoms with Crippen molar-refractivity contribution < 1.29 is 39.8 Å². The molecule has 0 aliphatic carbocycles. The van der Waals surface area contributed by atoms with E-state index in [9.17, 15) is 11.0 Å². The largest absolute Gasteiger partial charge is 0.208 e. The molecule has 1 heterocycles. The molecule has 0 amide bonds. The van der Waals surface area contributed by atoms with Crippen molar-refractivity contribution in [2.75, 3.05) is 0 Å². The average molecular weight is 641 g/mol. The predicted octanol–water partition coefficient (Wildman–Crippen LogP) is 11.7. The van der Waals surface area contributed by atoms with E-state index in [1.165, 1.54) is 0 Å². The maximum Gasteiger partial charge on any atom is 0.164 e. The van der Waals surface area contributed by atoms with E-state index in [1.807, 2.05) is 0 Å². The first-order valence-electron chi connectivity index (χ1n) is 28.3. The fraction of sp³-hybridized carbons (Fsp3) is 0. The molecule has 0 aliphatic rings. The van der Waals surface area contributed by atoms with Crippen molar-refractivity contribution in [3.8, 4) is 56.4 Å². The maximum absolute atomic E-state index is 9.62. The van der Waals surface area contributed by atoms with Crippen molar-refractivity contribution in [1.82, 2.24) is 15.0 Å². The van der Waals surface area contributed by atoms with Gasteiger partial charge in [-0.15, -0.1) is 0 Å². The van der Waals surface area contributed by atoms with E-state index in [4.69, 9.17) is 28.8 Å². The molecule has 0 N–H and O–H groups in total. The number of hydrogen-bond acceptors (Lipinski definition) is 3. The van der Waals surface area contributed by atoms with Crippen molar-refractivity contribution in [1.29, 1.82) is 0 Å². The summed E-state index contributed by atoms with van der Waals surface area (Å²) in [6.07, 6.45) is 0. The number of benzene rings is 8. The van der Waals surface area contributed by atoms with Gasteiger partial charge in [0.2, 0.25) is 0 Å². The van der Waals surface area contributed by atoms with E-state index in [-0.39, 0.29) is 0 Å². The van der Waals surface area contributed by atoms with Crippen LogP contribution in [0.5, 0.6) is 0 Å². The molecule has 9 aromatic rings. The summed E-state index contributed by atoms with van der Waals surface area (Å²) in [7, 11) is 0. The highest BCUT2D eigenvalue weighted by molar-refractivity contribution is 6.06. The second-order valence-electron chi connectivity index (χ2n) is 9.81. The lowest BCUT2D eigenvalue weighted by atomic mass is 9.93. The molecular weight excluding hydrogens is 583 g/mol. The Bertz CT molecular complexity index is 4210. The van der Waals surface area contributed by atoms with E-state index in [1.54, 1.807) is 0 Å². The molecular formula is C45H29N3. The Morgan fingerprint density at radius 1 is 0.292 bits per heavy atom. The molecule has 0 saturated carbocycles. The number of aromatic nitrogens is 3. The van der Waals surface area contributed by atoms with Gasteiger partial charge in [-0.1, -0.05) is 157 Å². The fourth-order valence-corrected chi connectivity index (χ4v) is 4.94. The number of fused-ring (bicyclic) bond motifs is 3. The number of nitrogens with zero attached hydrogens (tertiary/aromatic N) is 3. The molecule has 0 radical (unpaired) electrons. The van der Waals surface area contributed by atoms with Crippen LogP contribution in [-0.2, 0) is 0 Å². The van der Waals surface area contributed by atoms with Crippen LogP contribution in [0.25, 0.3) is 88.7 Å². The smallest absolute Gasteiger partial charge is 0.164 e. The normalized spacial score (nSPS) is 19.8. The first-order valence-corrected chi connectivity index (χ1v) is 13.8. The highest BCUT2D eigenvalue weighted by Crippen LogP contribution is 2.38. The first kappa shape index (κ1) is 11.1. The van der Waals surface area contributed by atoms with Gasteiger partial charge in [-0.25, -0.2) is 15.0 Å². The van der Waals surface area contributed by atoms with E-state index >= 15 is 0 Å². The maximum atomic E-state index is 9.62. The molecule has 3 nitrogen and oxygen atoms in total. The quantitative estimate of drug-likeness (QED) is 0.188. The van der Waals surface area contributed by atoms with Crippen LogP contribution in [0.4, 0.5) is 0 Å². The van der Waals surface area contributed by atoms with Crippen LogP contribution in [0.2, 0.25) is 0 Å². The highest BCUT2D eigenvalue weighted by Gasteiger charge is 2.18. The third-order valence-electron chi connectivity index (χ3n) is 7.06. The van der Waals surface area contributed by atoms with Crippen LogP contribution in [0.3, 0.4) is 0 Å². The molecule has 0 unspecified atom stereocenters. The van der Waals surface area contributed by atoms with E-state index < -0.39 is 264 Å². The summed E-state index contributed by atoms with van der Waals surface area (Å²) in [5, 5.41) is -4.18. The summed E-state index contributed by atoms with van der Waals surface area (Å²) in [4.78, 5) is 13.2. The Balaban J connectivity index is 1.53. The summed E-state index contributed by atoms with van der Waals surface area (Å²) < 4.78 is 256. The van der Waals surface area contributed by atoms with Gasteiger partial charge in [-0.2, -0.15) is 0 Å². The molecule has 3 heteroatoms. The van der Waals surface area contributed by atoms with Gasteiger partial charge in [0.25, 0.3) is 0 Å². The molecule has 0 saturated heterocycles.